The molecule has 1 amide bonds. The molecule has 1 aliphatic rings. The first-order chi connectivity index (χ1) is 13.7. The number of hydrogen-bond donors (Lipinski definition) is 1. The van der Waals surface area contributed by atoms with Crippen molar-refractivity contribution in [2.24, 2.45) is 0 Å². The van der Waals surface area contributed by atoms with Crippen LogP contribution in [-0.4, -0.2) is 19.6 Å². The highest BCUT2D eigenvalue weighted by Crippen LogP contribution is 2.28. The minimum absolute atomic E-state index is 0.0245. The number of ether oxygens (including phenoxy) is 1. The third-order valence-electron chi connectivity index (χ3n) is 5.10. The van der Waals surface area contributed by atoms with Gasteiger partial charge in [0.05, 0.1) is 7.11 Å². The van der Waals surface area contributed by atoms with E-state index < -0.39 is 0 Å². The number of nitrogens with one attached hydrogen (secondary N) is 1. The topological polar surface area (TPSA) is 41.6 Å². The molecular weight excluding hydrogens is 368 g/mol. The van der Waals surface area contributed by atoms with Crippen LogP contribution in [0.3, 0.4) is 0 Å². The largest absolute Gasteiger partial charge is 0.497 e. The van der Waals surface area contributed by atoms with Crippen LogP contribution in [-0.2, 0) is 24.2 Å². The average Bonchev–Trinajstić information content (AvgIpc) is 3.21. The maximum Gasteiger partial charge on any atom is 0.224 e. The zero-order valence-corrected chi connectivity index (χ0v) is 16.8. The molecule has 28 heavy (non-hydrogen) atoms. The van der Waals surface area contributed by atoms with Crippen molar-refractivity contribution in [2.75, 3.05) is 23.9 Å². The van der Waals surface area contributed by atoms with E-state index in [1.165, 1.54) is 16.1 Å². The second-order valence-electron chi connectivity index (χ2n) is 6.99. The van der Waals surface area contributed by atoms with Gasteiger partial charge >= 0.3 is 0 Å². The monoisotopic (exact) mass is 392 g/mol. The minimum Gasteiger partial charge on any atom is -0.497 e. The van der Waals surface area contributed by atoms with Crippen LogP contribution in [0.25, 0.3) is 0 Å². The van der Waals surface area contributed by atoms with E-state index in [2.05, 4.69) is 33.8 Å². The third-order valence-corrected chi connectivity index (χ3v) is 6.12. The number of benzene rings is 2. The van der Waals surface area contributed by atoms with Crippen LogP contribution in [0.1, 0.15) is 22.4 Å². The number of methoxy groups -OCH3 is 1. The molecule has 2 aromatic carbocycles. The molecule has 0 aliphatic carbocycles. The molecule has 4 nitrogen and oxygen atoms in total. The predicted molar refractivity (Wildman–Crippen MR) is 115 cm³/mol. The molecule has 0 atom stereocenters. The van der Waals surface area contributed by atoms with E-state index >= 15 is 0 Å². The fourth-order valence-corrected chi connectivity index (χ4v) is 4.42. The van der Waals surface area contributed by atoms with E-state index in [1.807, 2.05) is 47.7 Å². The van der Waals surface area contributed by atoms with E-state index in [0.717, 1.165) is 36.5 Å². The SMILES string of the molecule is COc1cccc(CCC(=O)Nc2ccc(N3CCc4sccc4C3)cc2)c1. The van der Waals surface area contributed by atoms with Gasteiger partial charge in [0.2, 0.25) is 5.91 Å². The van der Waals surface area contributed by atoms with Gasteiger partial charge in [0, 0.05) is 35.8 Å². The average molecular weight is 393 g/mol. The van der Waals surface area contributed by atoms with Crippen molar-refractivity contribution in [3.63, 3.8) is 0 Å². The van der Waals surface area contributed by atoms with Crippen molar-refractivity contribution in [2.45, 2.75) is 25.8 Å². The fourth-order valence-electron chi connectivity index (χ4n) is 3.53. The molecule has 1 aromatic heterocycles. The van der Waals surface area contributed by atoms with Crippen LogP contribution >= 0.6 is 11.3 Å². The van der Waals surface area contributed by atoms with E-state index in [1.54, 1.807) is 7.11 Å². The van der Waals surface area contributed by atoms with E-state index in [-0.39, 0.29) is 5.91 Å². The second kappa shape index (κ2) is 8.48. The molecule has 0 bridgehead atoms. The number of aryl methyl sites for hydroxylation is 1. The summed E-state index contributed by atoms with van der Waals surface area (Å²) < 4.78 is 5.23. The molecule has 5 heteroatoms. The number of rotatable bonds is 6. The number of thiophene rings is 1. The van der Waals surface area contributed by atoms with Crippen molar-refractivity contribution in [3.8, 4) is 5.75 Å². The number of carbonyl (C=O) groups excluding carboxylic acids is 1. The highest BCUT2D eigenvalue weighted by atomic mass is 32.1. The Morgan fingerprint density at radius 2 is 2.04 bits per heavy atom. The smallest absolute Gasteiger partial charge is 0.224 e. The van der Waals surface area contributed by atoms with Gasteiger partial charge in [-0.1, -0.05) is 12.1 Å². The van der Waals surface area contributed by atoms with Gasteiger partial charge in [-0.25, -0.2) is 0 Å². The second-order valence-corrected chi connectivity index (χ2v) is 7.99. The van der Waals surface area contributed by atoms with Gasteiger partial charge in [0.1, 0.15) is 5.75 Å². The van der Waals surface area contributed by atoms with Crippen LogP contribution in [0.5, 0.6) is 5.75 Å². The first-order valence-electron chi connectivity index (χ1n) is 9.54. The van der Waals surface area contributed by atoms with Gasteiger partial charge in [-0.05, 0) is 71.8 Å². The molecule has 144 valence electrons. The normalized spacial score (nSPS) is 13.1. The Balaban J connectivity index is 1.31. The summed E-state index contributed by atoms with van der Waals surface area (Å²) in [7, 11) is 1.65. The molecule has 0 radical (unpaired) electrons. The first-order valence-corrected chi connectivity index (χ1v) is 10.4. The first kappa shape index (κ1) is 18.6. The van der Waals surface area contributed by atoms with Crippen molar-refractivity contribution in [1.82, 2.24) is 0 Å². The Morgan fingerprint density at radius 3 is 2.86 bits per heavy atom. The summed E-state index contributed by atoms with van der Waals surface area (Å²) in [4.78, 5) is 16.2. The maximum absolute atomic E-state index is 12.3. The summed E-state index contributed by atoms with van der Waals surface area (Å²) in [5.74, 6) is 0.845. The Hall–Kier alpha value is -2.79. The predicted octanol–water partition coefficient (Wildman–Crippen LogP) is 4.89. The number of fused-ring (bicyclic) bond motifs is 1. The van der Waals surface area contributed by atoms with Crippen molar-refractivity contribution in [1.29, 1.82) is 0 Å². The molecule has 0 spiro atoms. The third kappa shape index (κ3) is 4.37. The molecule has 2 heterocycles. The van der Waals surface area contributed by atoms with Crippen molar-refractivity contribution in [3.05, 3.63) is 76.0 Å². The number of nitrogens with zero attached hydrogens (tertiary/aromatic N) is 1. The molecular formula is C23H24N2O2S. The molecule has 1 aliphatic heterocycles. The summed E-state index contributed by atoms with van der Waals surface area (Å²) in [6.07, 6.45) is 2.25. The van der Waals surface area contributed by atoms with E-state index in [0.29, 0.717) is 12.8 Å². The lowest BCUT2D eigenvalue weighted by molar-refractivity contribution is -0.116. The molecule has 0 fully saturated rings. The summed E-state index contributed by atoms with van der Waals surface area (Å²) in [5.41, 5.74) is 4.58. The zero-order chi connectivity index (χ0) is 19.3. The maximum atomic E-state index is 12.3. The van der Waals surface area contributed by atoms with Crippen LogP contribution in [0, 0.1) is 0 Å². The van der Waals surface area contributed by atoms with Crippen LogP contribution in [0.2, 0.25) is 0 Å². The van der Waals surface area contributed by atoms with Crippen LogP contribution in [0.15, 0.2) is 60.0 Å². The minimum atomic E-state index is 0.0245. The fraction of sp³-hybridized carbons (Fsp3) is 0.261. The lowest BCUT2D eigenvalue weighted by atomic mass is 10.1. The van der Waals surface area contributed by atoms with Crippen molar-refractivity contribution < 1.29 is 9.53 Å². The van der Waals surface area contributed by atoms with Gasteiger partial charge in [-0.3, -0.25) is 4.79 Å². The van der Waals surface area contributed by atoms with Gasteiger partial charge in [-0.2, -0.15) is 0 Å². The molecule has 3 aromatic rings. The lowest BCUT2D eigenvalue weighted by Crippen LogP contribution is -2.29. The highest BCUT2D eigenvalue weighted by Gasteiger charge is 2.17. The number of anilines is 2. The molecule has 0 saturated carbocycles. The Morgan fingerprint density at radius 1 is 1.18 bits per heavy atom. The van der Waals surface area contributed by atoms with Gasteiger partial charge in [0.15, 0.2) is 0 Å². The summed E-state index contributed by atoms with van der Waals surface area (Å²) in [5, 5.41) is 5.17. The van der Waals surface area contributed by atoms with Gasteiger partial charge in [0.25, 0.3) is 0 Å². The van der Waals surface area contributed by atoms with Gasteiger partial charge < -0.3 is 15.0 Å². The number of amides is 1. The van der Waals surface area contributed by atoms with Crippen LogP contribution in [0.4, 0.5) is 11.4 Å². The number of hydrogen-bond acceptors (Lipinski definition) is 4. The Labute approximate surface area is 169 Å². The Kier molecular flexibility index (Phi) is 5.63. The van der Waals surface area contributed by atoms with Crippen LogP contribution < -0.4 is 15.0 Å². The zero-order valence-electron chi connectivity index (χ0n) is 16.0. The summed E-state index contributed by atoms with van der Waals surface area (Å²) in [6, 6.07) is 18.2. The van der Waals surface area contributed by atoms with Crippen molar-refractivity contribution >= 4 is 28.6 Å². The van der Waals surface area contributed by atoms with Gasteiger partial charge in [-0.15, -0.1) is 11.3 Å². The quantitative estimate of drug-likeness (QED) is 0.649. The Bertz CT molecular complexity index is 949. The molecule has 4 rings (SSSR count). The molecule has 0 unspecified atom stereocenters. The molecule has 1 N–H and O–H groups in total. The number of carbonyl (C=O) groups is 1. The highest BCUT2D eigenvalue weighted by molar-refractivity contribution is 7.10. The van der Waals surface area contributed by atoms with E-state index in [4.69, 9.17) is 4.74 Å². The molecule has 0 saturated heterocycles. The van der Waals surface area contributed by atoms with E-state index in [9.17, 15) is 4.79 Å². The standard InChI is InChI=1S/C23H24N2O2S/c1-27-21-4-2-3-17(15-21)5-10-23(26)24-19-6-8-20(9-7-19)25-13-11-22-18(16-25)12-14-28-22/h2-4,6-9,12,14-15H,5,10-11,13,16H2,1H3,(H,24,26). The summed E-state index contributed by atoms with van der Waals surface area (Å²) >= 11 is 1.86. The lowest BCUT2D eigenvalue weighted by Gasteiger charge is -2.29. The summed E-state index contributed by atoms with van der Waals surface area (Å²) in [6.45, 7) is 2.00.